The number of fused-ring (bicyclic) bond motifs is 1. The third-order valence-electron chi connectivity index (χ3n) is 5.95. The molecule has 5 rings (SSSR count). The number of nitrogens with one attached hydrogen (secondary N) is 1. The Labute approximate surface area is 210 Å². The van der Waals surface area contributed by atoms with Gasteiger partial charge in [-0.05, 0) is 36.8 Å². The molecule has 1 atom stereocenters. The highest BCUT2D eigenvalue weighted by Gasteiger charge is 2.46. The van der Waals surface area contributed by atoms with Gasteiger partial charge in [0.05, 0.1) is 33.7 Å². The summed E-state index contributed by atoms with van der Waals surface area (Å²) in [5.74, 6) is -2.15. The zero-order chi connectivity index (χ0) is 24.9. The van der Waals surface area contributed by atoms with Crippen molar-refractivity contribution in [2.45, 2.75) is 12.5 Å². The molecule has 3 amide bonds. The van der Waals surface area contributed by atoms with E-state index < -0.39 is 39.4 Å². The molecule has 0 aliphatic carbocycles. The van der Waals surface area contributed by atoms with Crippen LogP contribution in [0.3, 0.4) is 0 Å². The Morgan fingerprint density at radius 3 is 2.51 bits per heavy atom. The zero-order valence-corrected chi connectivity index (χ0v) is 20.5. The molecule has 2 fully saturated rings. The van der Waals surface area contributed by atoms with E-state index in [0.717, 1.165) is 11.8 Å². The minimum Gasteiger partial charge on any atom is -0.325 e. The standard InChI is InChI=1S/C23H18FN3O5S3/c24-13-5-7-14(8-6-13)25-18(28)11-26-17-4-2-1-3-16(17)19(21(26)29)20-22(30)27(23(33)34-20)15-9-10-35(31,32)12-15/h1-8,15H,9-12H2,(H,25,28)/b20-19-/t15-/m1/s1. The molecule has 35 heavy (non-hydrogen) atoms. The predicted octanol–water partition coefficient (Wildman–Crippen LogP) is 2.57. The number of amides is 3. The van der Waals surface area contributed by atoms with E-state index in [9.17, 15) is 27.2 Å². The molecule has 3 aliphatic rings. The van der Waals surface area contributed by atoms with Crippen molar-refractivity contribution in [2.75, 3.05) is 28.3 Å². The molecule has 0 radical (unpaired) electrons. The second kappa shape index (κ2) is 8.85. The number of carbonyl (C=O) groups excluding carboxylic acids is 3. The molecule has 3 aliphatic heterocycles. The first-order chi connectivity index (χ1) is 16.6. The first-order valence-corrected chi connectivity index (χ1v) is 13.7. The summed E-state index contributed by atoms with van der Waals surface area (Å²) in [6.45, 7) is -0.322. The van der Waals surface area contributed by atoms with E-state index in [1.807, 2.05) is 0 Å². The molecule has 0 aromatic heterocycles. The van der Waals surface area contributed by atoms with E-state index in [2.05, 4.69) is 5.32 Å². The third-order valence-corrected chi connectivity index (χ3v) is 9.10. The lowest BCUT2D eigenvalue weighted by molar-refractivity contribution is -0.123. The van der Waals surface area contributed by atoms with E-state index in [1.165, 1.54) is 34.1 Å². The van der Waals surface area contributed by atoms with Crippen LogP contribution in [0.25, 0.3) is 5.57 Å². The fourth-order valence-electron chi connectivity index (χ4n) is 4.36. The lowest BCUT2D eigenvalue weighted by Gasteiger charge is -2.21. The van der Waals surface area contributed by atoms with E-state index in [0.29, 0.717) is 16.9 Å². The molecular weight excluding hydrogens is 513 g/mol. The number of rotatable bonds is 4. The third kappa shape index (κ3) is 4.37. The van der Waals surface area contributed by atoms with Crippen molar-refractivity contribution in [2.24, 2.45) is 0 Å². The number of benzene rings is 2. The number of anilines is 2. The number of hydrogen-bond acceptors (Lipinski definition) is 7. The summed E-state index contributed by atoms with van der Waals surface area (Å²) in [6.07, 6.45) is 0.289. The van der Waals surface area contributed by atoms with Crippen LogP contribution in [0.4, 0.5) is 15.8 Å². The Bertz CT molecular complexity index is 1420. The number of nitrogens with zero attached hydrogens (tertiary/aromatic N) is 2. The quantitative estimate of drug-likeness (QED) is 0.478. The summed E-state index contributed by atoms with van der Waals surface area (Å²) in [4.78, 5) is 42.2. The predicted molar refractivity (Wildman–Crippen MR) is 135 cm³/mol. The normalized spacial score (nSPS) is 23.2. The van der Waals surface area contributed by atoms with Crippen molar-refractivity contribution in [3.8, 4) is 0 Å². The summed E-state index contributed by atoms with van der Waals surface area (Å²) in [6, 6.07) is 11.5. The van der Waals surface area contributed by atoms with Crippen molar-refractivity contribution in [1.82, 2.24) is 4.90 Å². The van der Waals surface area contributed by atoms with Crippen LogP contribution >= 0.6 is 24.0 Å². The van der Waals surface area contributed by atoms with Crippen LogP contribution in [0, 0.1) is 5.82 Å². The molecule has 2 aromatic carbocycles. The number of carbonyl (C=O) groups is 3. The Hall–Kier alpha value is -3.09. The van der Waals surface area contributed by atoms with Crippen molar-refractivity contribution in [3.63, 3.8) is 0 Å². The van der Waals surface area contributed by atoms with Crippen LogP contribution < -0.4 is 10.2 Å². The Kier molecular flexibility index (Phi) is 5.98. The van der Waals surface area contributed by atoms with Crippen molar-refractivity contribution in [1.29, 1.82) is 0 Å². The summed E-state index contributed by atoms with van der Waals surface area (Å²) in [5.41, 5.74) is 1.47. The molecule has 2 aromatic rings. The molecule has 8 nitrogen and oxygen atoms in total. The van der Waals surface area contributed by atoms with E-state index in [-0.39, 0.29) is 39.3 Å². The number of halogens is 1. The van der Waals surface area contributed by atoms with Gasteiger partial charge in [0.25, 0.3) is 11.8 Å². The number of sulfone groups is 1. The Morgan fingerprint density at radius 2 is 1.83 bits per heavy atom. The first kappa shape index (κ1) is 23.6. The van der Waals surface area contributed by atoms with Gasteiger partial charge in [0.1, 0.15) is 16.7 Å². The largest absolute Gasteiger partial charge is 0.325 e. The number of thioether (sulfide) groups is 1. The van der Waals surface area contributed by atoms with Gasteiger partial charge in [-0.25, -0.2) is 12.8 Å². The summed E-state index contributed by atoms with van der Waals surface area (Å²) >= 11 is 6.35. The summed E-state index contributed by atoms with van der Waals surface area (Å²) in [7, 11) is -3.25. The molecule has 0 bridgehead atoms. The van der Waals surface area contributed by atoms with Gasteiger partial charge in [-0.1, -0.05) is 42.2 Å². The van der Waals surface area contributed by atoms with Gasteiger partial charge in [0.15, 0.2) is 9.84 Å². The topological polar surface area (TPSA) is 104 Å². The van der Waals surface area contributed by atoms with Gasteiger partial charge in [-0.15, -0.1) is 0 Å². The Morgan fingerprint density at radius 1 is 1.11 bits per heavy atom. The summed E-state index contributed by atoms with van der Waals surface area (Å²) < 4.78 is 37.2. The van der Waals surface area contributed by atoms with Crippen LogP contribution in [0.5, 0.6) is 0 Å². The minimum absolute atomic E-state index is 0.0145. The molecule has 3 heterocycles. The zero-order valence-electron chi connectivity index (χ0n) is 18.1. The van der Waals surface area contributed by atoms with Crippen LogP contribution in [0.1, 0.15) is 12.0 Å². The van der Waals surface area contributed by atoms with Crippen molar-refractivity contribution < 1.29 is 27.2 Å². The highest BCUT2D eigenvalue weighted by atomic mass is 32.2. The number of hydrogen-bond donors (Lipinski definition) is 1. The van der Waals surface area contributed by atoms with Crippen LogP contribution in [0.15, 0.2) is 53.4 Å². The second-order valence-electron chi connectivity index (χ2n) is 8.27. The van der Waals surface area contributed by atoms with Crippen LogP contribution in [0.2, 0.25) is 0 Å². The number of para-hydroxylation sites is 1. The Balaban J connectivity index is 1.44. The maximum atomic E-state index is 13.5. The molecule has 180 valence electrons. The van der Waals surface area contributed by atoms with E-state index in [4.69, 9.17) is 12.2 Å². The SMILES string of the molecule is O=C(CN1C(=O)/C(=C2\SC(=S)N([C@@H]3CCS(=O)(=O)C3)C2=O)c2ccccc21)Nc1ccc(F)cc1. The van der Waals surface area contributed by atoms with Gasteiger partial charge >= 0.3 is 0 Å². The molecule has 1 N–H and O–H groups in total. The lowest BCUT2D eigenvalue weighted by atomic mass is 10.1. The lowest BCUT2D eigenvalue weighted by Crippen LogP contribution is -2.39. The van der Waals surface area contributed by atoms with Gasteiger partial charge in [-0.2, -0.15) is 0 Å². The fraction of sp³-hybridized carbons (Fsp3) is 0.217. The van der Waals surface area contributed by atoms with Gasteiger partial charge in [0.2, 0.25) is 5.91 Å². The number of thiocarbonyl (C=S) groups is 1. The molecular formula is C23H18FN3O5S3. The minimum atomic E-state index is -3.25. The second-order valence-corrected chi connectivity index (χ2v) is 12.1. The molecule has 0 unspecified atom stereocenters. The maximum Gasteiger partial charge on any atom is 0.267 e. The average Bonchev–Trinajstić information content (AvgIpc) is 3.40. The van der Waals surface area contributed by atoms with Crippen molar-refractivity contribution >= 4 is 72.8 Å². The van der Waals surface area contributed by atoms with Crippen LogP contribution in [-0.4, -0.2) is 59.5 Å². The van der Waals surface area contributed by atoms with Crippen LogP contribution in [-0.2, 0) is 24.2 Å². The molecule has 0 saturated carbocycles. The van der Waals surface area contributed by atoms with Gasteiger partial charge < -0.3 is 5.32 Å². The molecule has 12 heteroatoms. The summed E-state index contributed by atoms with van der Waals surface area (Å²) in [5, 5.41) is 2.63. The average molecular weight is 532 g/mol. The molecule has 2 saturated heterocycles. The van der Waals surface area contributed by atoms with E-state index in [1.54, 1.807) is 24.3 Å². The highest BCUT2D eigenvalue weighted by molar-refractivity contribution is 8.26. The molecule has 0 spiro atoms. The van der Waals surface area contributed by atoms with Crippen molar-refractivity contribution in [3.05, 3.63) is 64.8 Å². The first-order valence-electron chi connectivity index (χ1n) is 10.6. The van der Waals surface area contributed by atoms with Gasteiger partial charge in [0, 0.05) is 11.3 Å². The smallest absolute Gasteiger partial charge is 0.267 e. The monoisotopic (exact) mass is 531 g/mol. The van der Waals surface area contributed by atoms with Gasteiger partial charge in [-0.3, -0.25) is 24.2 Å². The van der Waals surface area contributed by atoms with E-state index >= 15 is 0 Å². The fourth-order valence-corrected chi connectivity index (χ4v) is 7.53. The highest BCUT2D eigenvalue weighted by Crippen LogP contribution is 2.45. The maximum absolute atomic E-state index is 13.5.